The standard InChI is InChI=1S/C19H22N4O/c20-10-15-7-8-19(21-11-15)22-12-16-4-1-2-5-17(16)13-23-9-3-6-18(23)14-24/h1-2,4-5,7-8,11,18,24H,3,6,9,12-14H2,(H,21,22)/t18-/m1/s1. The van der Waals surface area contributed by atoms with Crippen molar-refractivity contribution in [3.8, 4) is 6.07 Å². The number of hydrogen-bond acceptors (Lipinski definition) is 5. The zero-order valence-electron chi connectivity index (χ0n) is 13.7. The highest BCUT2D eigenvalue weighted by molar-refractivity contribution is 5.40. The number of aliphatic hydroxyl groups excluding tert-OH is 1. The van der Waals surface area contributed by atoms with Crippen molar-refractivity contribution in [3.05, 3.63) is 59.3 Å². The smallest absolute Gasteiger partial charge is 0.126 e. The van der Waals surface area contributed by atoms with Crippen molar-refractivity contribution in [1.29, 1.82) is 5.26 Å². The molecule has 1 saturated heterocycles. The maximum atomic E-state index is 9.49. The number of nitrogens with zero attached hydrogens (tertiary/aromatic N) is 3. The van der Waals surface area contributed by atoms with Crippen molar-refractivity contribution in [2.24, 2.45) is 0 Å². The number of hydrogen-bond donors (Lipinski definition) is 2. The highest BCUT2D eigenvalue weighted by atomic mass is 16.3. The van der Waals surface area contributed by atoms with Crippen molar-refractivity contribution in [1.82, 2.24) is 9.88 Å². The van der Waals surface area contributed by atoms with Gasteiger partial charge in [0.05, 0.1) is 12.2 Å². The van der Waals surface area contributed by atoms with Crippen LogP contribution in [-0.2, 0) is 13.1 Å². The fourth-order valence-corrected chi connectivity index (χ4v) is 3.16. The van der Waals surface area contributed by atoms with E-state index >= 15 is 0 Å². The summed E-state index contributed by atoms with van der Waals surface area (Å²) in [6.45, 7) is 2.83. The lowest BCUT2D eigenvalue weighted by atomic mass is 10.1. The van der Waals surface area contributed by atoms with Gasteiger partial charge >= 0.3 is 0 Å². The van der Waals surface area contributed by atoms with Gasteiger partial charge in [-0.3, -0.25) is 4.90 Å². The minimum Gasteiger partial charge on any atom is -0.395 e. The molecule has 2 heterocycles. The summed E-state index contributed by atoms with van der Waals surface area (Å²) in [6.07, 6.45) is 3.80. The molecule has 0 bridgehead atoms. The number of pyridine rings is 1. The van der Waals surface area contributed by atoms with Crippen LogP contribution in [0.3, 0.4) is 0 Å². The van der Waals surface area contributed by atoms with Crippen LogP contribution in [0.15, 0.2) is 42.6 Å². The Bertz CT molecular complexity index is 708. The predicted molar refractivity (Wildman–Crippen MR) is 93.2 cm³/mol. The first-order valence-corrected chi connectivity index (χ1v) is 8.32. The minimum absolute atomic E-state index is 0.232. The lowest BCUT2D eigenvalue weighted by molar-refractivity contribution is 0.153. The zero-order valence-corrected chi connectivity index (χ0v) is 13.7. The van der Waals surface area contributed by atoms with Crippen molar-refractivity contribution in [2.75, 3.05) is 18.5 Å². The third-order valence-electron chi connectivity index (χ3n) is 4.55. The number of nitriles is 1. The van der Waals surface area contributed by atoms with Crippen molar-refractivity contribution in [3.63, 3.8) is 0 Å². The number of aliphatic hydroxyl groups is 1. The van der Waals surface area contributed by atoms with Crippen molar-refractivity contribution < 1.29 is 5.11 Å². The van der Waals surface area contributed by atoms with Gasteiger partial charge in [0.2, 0.25) is 0 Å². The molecule has 1 aliphatic rings. The first kappa shape index (κ1) is 16.4. The van der Waals surface area contributed by atoms with Gasteiger partial charge in [0.1, 0.15) is 11.9 Å². The molecule has 0 radical (unpaired) electrons. The Kier molecular flexibility index (Phi) is 5.42. The summed E-state index contributed by atoms with van der Waals surface area (Å²) in [5.41, 5.74) is 3.07. The predicted octanol–water partition coefficient (Wildman–Crippen LogP) is 2.52. The maximum Gasteiger partial charge on any atom is 0.126 e. The summed E-state index contributed by atoms with van der Waals surface area (Å²) in [4.78, 5) is 6.61. The summed E-state index contributed by atoms with van der Waals surface area (Å²) >= 11 is 0. The fraction of sp³-hybridized carbons (Fsp3) is 0.368. The molecule has 0 amide bonds. The molecule has 5 heteroatoms. The van der Waals surface area contributed by atoms with Crippen LogP contribution < -0.4 is 5.32 Å². The summed E-state index contributed by atoms with van der Waals surface area (Å²) in [5, 5.41) is 21.6. The molecule has 1 aliphatic heterocycles. The second kappa shape index (κ2) is 7.91. The molecule has 0 aliphatic carbocycles. The van der Waals surface area contributed by atoms with Crippen molar-refractivity contribution >= 4 is 5.82 Å². The van der Waals surface area contributed by atoms with Crippen LogP contribution in [-0.4, -0.2) is 34.2 Å². The van der Waals surface area contributed by atoms with Gasteiger partial charge in [-0.05, 0) is 42.6 Å². The molecule has 24 heavy (non-hydrogen) atoms. The van der Waals surface area contributed by atoms with Gasteiger partial charge < -0.3 is 10.4 Å². The molecule has 0 saturated carbocycles. The molecule has 1 aromatic carbocycles. The minimum atomic E-state index is 0.232. The van der Waals surface area contributed by atoms with Crippen LogP contribution in [0, 0.1) is 11.3 Å². The summed E-state index contributed by atoms with van der Waals surface area (Å²) < 4.78 is 0. The van der Waals surface area contributed by atoms with Gasteiger partial charge in [-0.15, -0.1) is 0 Å². The molecule has 1 atom stereocenters. The Morgan fingerprint density at radius 1 is 1.25 bits per heavy atom. The highest BCUT2D eigenvalue weighted by Crippen LogP contribution is 2.21. The molecule has 0 unspecified atom stereocenters. The van der Waals surface area contributed by atoms with Gasteiger partial charge in [0, 0.05) is 25.3 Å². The van der Waals surface area contributed by atoms with E-state index in [9.17, 15) is 5.11 Å². The van der Waals surface area contributed by atoms with Gasteiger partial charge in [0.15, 0.2) is 0 Å². The van der Waals surface area contributed by atoms with Crippen LogP contribution in [0.5, 0.6) is 0 Å². The van der Waals surface area contributed by atoms with Crippen LogP contribution >= 0.6 is 0 Å². The van der Waals surface area contributed by atoms with E-state index < -0.39 is 0 Å². The molecular formula is C19H22N4O. The lowest BCUT2D eigenvalue weighted by Crippen LogP contribution is -2.32. The highest BCUT2D eigenvalue weighted by Gasteiger charge is 2.24. The van der Waals surface area contributed by atoms with Gasteiger partial charge in [-0.25, -0.2) is 4.98 Å². The Labute approximate surface area is 142 Å². The number of benzene rings is 1. The first-order valence-electron chi connectivity index (χ1n) is 8.32. The normalized spacial score (nSPS) is 17.6. The molecule has 124 valence electrons. The van der Waals surface area contributed by atoms with E-state index in [0.29, 0.717) is 12.1 Å². The number of anilines is 1. The summed E-state index contributed by atoms with van der Waals surface area (Å²) in [7, 11) is 0. The van der Waals surface area contributed by atoms with E-state index in [1.165, 1.54) is 11.1 Å². The van der Waals surface area contributed by atoms with Crippen LogP contribution in [0.4, 0.5) is 5.82 Å². The average Bonchev–Trinajstić information content (AvgIpc) is 3.08. The molecule has 0 spiro atoms. The van der Waals surface area contributed by atoms with E-state index in [-0.39, 0.29) is 12.6 Å². The number of nitrogens with one attached hydrogen (secondary N) is 1. The fourth-order valence-electron chi connectivity index (χ4n) is 3.16. The second-order valence-electron chi connectivity index (χ2n) is 6.12. The lowest BCUT2D eigenvalue weighted by Gasteiger charge is -2.24. The molecule has 2 N–H and O–H groups in total. The van der Waals surface area contributed by atoms with E-state index in [0.717, 1.165) is 31.7 Å². The zero-order chi connectivity index (χ0) is 16.8. The third-order valence-corrected chi connectivity index (χ3v) is 4.55. The second-order valence-corrected chi connectivity index (χ2v) is 6.12. The SMILES string of the molecule is N#Cc1ccc(NCc2ccccc2CN2CCC[C@@H]2CO)nc1. The first-order chi connectivity index (χ1) is 11.8. The molecule has 5 nitrogen and oxygen atoms in total. The third kappa shape index (κ3) is 3.91. The van der Waals surface area contributed by atoms with Crippen LogP contribution in [0.1, 0.15) is 29.5 Å². The van der Waals surface area contributed by atoms with E-state index in [4.69, 9.17) is 5.26 Å². The number of likely N-dealkylation sites (tertiary alicyclic amines) is 1. The summed E-state index contributed by atoms with van der Waals surface area (Å²) in [6, 6.07) is 14.3. The molecule has 2 aromatic rings. The Morgan fingerprint density at radius 3 is 2.79 bits per heavy atom. The monoisotopic (exact) mass is 322 g/mol. The van der Waals surface area contributed by atoms with E-state index in [1.54, 1.807) is 12.3 Å². The molecular weight excluding hydrogens is 300 g/mol. The molecule has 1 fully saturated rings. The number of rotatable bonds is 6. The topological polar surface area (TPSA) is 72.2 Å². The largest absolute Gasteiger partial charge is 0.395 e. The molecule has 3 rings (SSSR count). The van der Waals surface area contributed by atoms with Crippen LogP contribution in [0.25, 0.3) is 0 Å². The Morgan fingerprint density at radius 2 is 2.08 bits per heavy atom. The van der Waals surface area contributed by atoms with E-state index in [1.807, 2.05) is 12.1 Å². The maximum absolute atomic E-state index is 9.49. The average molecular weight is 322 g/mol. The van der Waals surface area contributed by atoms with Gasteiger partial charge in [-0.1, -0.05) is 24.3 Å². The quantitative estimate of drug-likeness (QED) is 0.855. The van der Waals surface area contributed by atoms with E-state index in [2.05, 4.69) is 39.5 Å². The van der Waals surface area contributed by atoms with Gasteiger partial charge in [0.25, 0.3) is 0 Å². The van der Waals surface area contributed by atoms with Crippen molar-refractivity contribution in [2.45, 2.75) is 32.0 Å². The Hall–Kier alpha value is -2.42. The Balaban J connectivity index is 1.66. The summed E-state index contributed by atoms with van der Waals surface area (Å²) in [5.74, 6) is 0.762. The van der Waals surface area contributed by atoms with Crippen LogP contribution in [0.2, 0.25) is 0 Å². The number of aromatic nitrogens is 1. The molecule has 1 aromatic heterocycles. The van der Waals surface area contributed by atoms with Gasteiger partial charge in [-0.2, -0.15) is 5.26 Å².